The standard InChI is InChI=1S/C13H20N2O4/c1-5-19-7-8(2)15-10(4)11(6-12(16)17)9(3)14-13(15)18/h8H,5-7H2,1-4H3,(H,16,17). The molecule has 19 heavy (non-hydrogen) atoms. The predicted octanol–water partition coefficient (Wildman–Crippen LogP) is 1.08. The smallest absolute Gasteiger partial charge is 0.348 e. The van der Waals surface area contributed by atoms with E-state index in [9.17, 15) is 9.59 Å². The van der Waals surface area contributed by atoms with Crippen LogP contribution in [0, 0.1) is 13.8 Å². The van der Waals surface area contributed by atoms with Crippen LogP contribution >= 0.6 is 0 Å². The van der Waals surface area contributed by atoms with E-state index in [0.717, 1.165) is 0 Å². The van der Waals surface area contributed by atoms with Gasteiger partial charge < -0.3 is 9.84 Å². The molecule has 0 aliphatic carbocycles. The maximum absolute atomic E-state index is 12.0. The van der Waals surface area contributed by atoms with Crippen molar-refractivity contribution in [1.82, 2.24) is 9.55 Å². The van der Waals surface area contributed by atoms with Crippen LogP contribution in [0.15, 0.2) is 4.79 Å². The molecule has 0 aromatic carbocycles. The minimum atomic E-state index is -0.935. The van der Waals surface area contributed by atoms with Gasteiger partial charge >= 0.3 is 11.7 Å². The van der Waals surface area contributed by atoms with E-state index in [4.69, 9.17) is 9.84 Å². The molecule has 0 aliphatic heterocycles. The average molecular weight is 268 g/mol. The van der Waals surface area contributed by atoms with Crippen LogP contribution in [0.2, 0.25) is 0 Å². The molecule has 0 bridgehead atoms. The summed E-state index contributed by atoms with van der Waals surface area (Å²) in [6.45, 7) is 8.10. The highest BCUT2D eigenvalue weighted by atomic mass is 16.5. The molecule has 0 spiro atoms. The van der Waals surface area contributed by atoms with Crippen LogP contribution in [0.4, 0.5) is 0 Å². The van der Waals surface area contributed by atoms with Crippen LogP contribution in [0.5, 0.6) is 0 Å². The lowest BCUT2D eigenvalue weighted by Crippen LogP contribution is -2.32. The molecular formula is C13H20N2O4. The summed E-state index contributed by atoms with van der Waals surface area (Å²) in [5, 5.41) is 8.92. The highest BCUT2D eigenvalue weighted by Gasteiger charge is 2.17. The molecular weight excluding hydrogens is 248 g/mol. The van der Waals surface area contributed by atoms with E-state index in [1.165, 1.54) is 4.57 Å². The van der Waals surface area contributed by atoms with E-state index in [-0.39, 0.29) is 18.2 Å². The number of nitrogens with zero attached hydrogens (tertiary/aromatic N) is 2. The SMILES string of the molecule is CCOCC(C)n1c(C)c(CC(=O)O)c(C)nc1=O. The normalized spacial score (nSPS) is 12.4. The highest BCUT2D eigenvalue weighted by Crippen LogP contribution is 2.14. The molecule has 1 atom stereocenters. The van der Waals surface area contributed by atoms with Crippen molar-refractivity contribution in [2.24, 2.45) is 0 Å². The van der Waals surface area contributed by atoms with Gasteiger partial charge in [-0.25, -0.2) is 4.79 Å². The molecule has 1 aromatic rings. The molecule has 0 saturated carbocycles. The van der Waals surface area contributed by atoms with Crippen molar-refractivity contribution >= 4 is 5.97 Å². The van der Waals surface area contributed by atoms with E-state index in [1.54, 1.807) is 13.8 Å². The quantitative estimate of drug-likeness (QED) is 0.835. The van der Waals surface area contributed by atoms with Crippen molar-refractivity contribution in [2.75, 3.05) is 13.2 Å². The molecule has 0 fully saturated rings. The second kappa shape index (κ2) is 6.47. The third-order valence-corrected chi connectivity index (χ3v) is 3.04. The summed E-state index contributed by atoms with van der Waals surface area (Å²) in [6.07, 6.45) is -0.133. The van der Waals surface area contributed by atoms with Gasteiger partial charge in [0.1, 0.15) is 0 Å². The van der Waals surface area contributed by atoms with E-state index >= 15 is 0 Å². The van der Waals surface area contributed by atoms with Crippen molar-refractivity contribution in [3.63, 3.8) is 0 Å². The summed E-state index contributed by atoms with van der Waals surface area (Å²) in [7, 11) is 0. The van der Waals surface area contributed by atoms with E-state index < -0.39 is 5.97 Å². The van der Waals surface area contributed by atoms with E-state index in [0.29, 0.717) is 30.2 Å². The maximum Gasteiger partial charge on any atom is 0.348 e. The minimum absolute atomic E-state index is 0.133. The summed E-state index contributed by atoms with van der Waals surface area (Å²) >= 11 is 0. The molecule has 1 heterocycles. The van der Waals surface area contributed by atoms with Gasteiger partial charge in [-0.1, -0.05) is 0 Å². The zero-order valence-electron chi connectivity index (χ0n) is 11.8. The second-order valence-corrected chi connectivity index (χ2v) is 4.49. The summed E-state index contributed by atoms with van der Waals surface area (Å²) in [5.74, 6) is -0.935. The van der Waals surface area contributed by atoms with Crippen LogP contribution in [0.3, 0.4) is 0 Å². The Morgan fingerprint density at radius 1 is 1.47 bits per heavy atom. The van der Waals surface area contributed by atoms with Crippen molar-refractivity contribution < 1.29 is 14.6 Å². The molecule has 0 saturated heterocycles. The molecule has 106 valence electrons. The molecule has 1 N–H and O–H groups in total. The van der Waals surface area contributed by atoms with Gasteiger partial charge in [0.05, 0.1) is 19.1 Å². The molecule has 1 unspecified atom stereocenters. The average Bonchev–Trinajstić information content (AvgIpc) is 2.31. The zero-order chi connectivity index (χ0) is 14.6. The maximum atomic E-state index is 12.0. The Hall–Kier alpha value is -1.69. The van der Waals surface area contributed by atoms with Gasteiger partial charge in [-0.2, -0.15) is 4.98 Å². The van der Waals surface area contributed by atoms with Crippen LogP contribution in [-0.4, -0.2) is 33.8 Å². The van der Waals surface area contributed by atoms with Crippen molar-refractivity contribution in [2.45, 2.75) is 40.2 Å². The Balaban J connectivity index is 3.24. The topological polar surface area (TPSA) is 81.4 Å². The fourth-order valence-electron chi connectivity index (χ4n) is 2.10. The first-order chi connectivity index (χ1) is 8.88. The number of carboxylic acids is 1. The first-order valence-electron chi connectivity index (χ1n) is 6.26. The third kappa shape index (κ3) is 3.64. The Morgan fingerprint density at radius 2 is 2.11 bits per heavy atom. The van der Waals surface area contributed by atoms with Gasteiger partial charge in [-0.05, 0) is 27.7 Å². The van der Waals surface area contributed by atoms with Crippen molar-refractivity contribution in [3.05, 3.63) is 27.4 Å². The Kier molecular flexibility index (Phi) is 5.23. The summed E-state index contributed by atoms with van der Waals surface area (Å²) < 4.78 is 6.81. The van der Waals surface area contributed by atoms with Crippen molar-refractivity contribution in [3.8, 4) is 0 Å². The molecule has 1 aromatic heterocycles. The first-order valence-corrected chi connectivity index (χ1v) is 6.26. The molecule has 6 heteroatoms. The van der Waals surface area contributed by atoms with Gasteiger partial charge in [-0.3, -0.25) is 9.36 Å². The number of aliphatic carboxylic acids is 1. The number of aryl methyl sites for hydroxylation is 1. The zero-order valence-corrected chi connectivity index (χ0v) is 11.8. The van der Waals surface area contributed by atoms with Gasteiger partial charge in [0, 0.05) is 23.6 Å². The number of hydrogen-bond donors (Lipinski definition) is 1. The molecule has 1 rings (SSSR count). The molecule has 0 radical (unpaired) electrons. The highest BCUT2D eigenvalue weighted by molar-refractivity contribution is 5.70. The number of aromatic nitrogens is 2. The van der Waals surface area contributed by atoms with Gasteiger partial charge in [-0.15, -0.1) is 0 Å². The fourth-order valence-corrected chi connectivity index (χ4v) is 2.10. The summed E-state index contributed by atoms with van der Waals surface area (Å²) in [6, 6.07) is -0.173. The first kappa shape index (κ1) is 15.4. The van der Waals surface area contributed by atoms with E-state index in [2.05, 4.69) is 4.98 Å². The number of carbonyl (C=O) groups is 1. The monoisotopic (exact) mass is 268 g/mol. The lowest BCUT2D eigenvalue weighted by Gasteiger charge is -2.20. The number of carboxylic acid groups (broad SMARTS) is 1. The summed E-state index contributed by atoms with van der Waals surface area (Å²) in [4.78, 5) is 26.7. The van der Waals surface area contributed by atoms with Gasteiger partial charge in [0.25, 0.3) is 0 Å². The van der Waals surface area contributed by atoms with Crippen LogP contribution in [0.25, 0.3) is 0 Å². The lowest BCUT2D eigenvalue weighted by molar-refractivity contribution is -0.136. The van der Waals surface area contributed by atoms with E-state index in [1.807, 2.05) is 13.8 Å². The lowest BCUT2D eigenvalue weighted by atomic mass is 10.1. The molecule has 0 aliphatic rings. The largest absolute Gasteiger partial charge is 0.481 e. The van der Waals surface area contributed by atoms with Crippen molar-refractivity contribution in [1.29, 1.82) is 0 Å². The summed E-state index contributed by atoms with van der Waals surface area (Å²) in [5.41, 5.74) is 1.35. The Morgan fingerprint density at radius 3 is 2.63 bits per heavy atom. The minimum Gasteiger partial charge on any atom is -0.481 e. The number of ether oxygens (including phenoxy) is 1. The fraction of sp³-hybridized carbons (Fsp3) is 0.615. The Bertz CT molecular complexity index is 522. The number of rotatable bonds is 6. The van der Waals surface area contributed by atoms with Crippen LogP contribution < -0.4 is 5.69 Å². The number of hydrogen-bond acceptors (Lipinski definition) is 4. The van der Waals surface area contributed by atoms with Gasteiger partial charge in [0.2, 0.25) is 0 Å². The third-order valence-electron chi connectivity index (χ3n) is 3.04. The predicted molar refractivity (Wildman–Crippen MR) is 70.5 cm³/mol. The van der Waals surface area contributed by atoms with Crippen LogP contribution in [-0.2, 0) is 16.0 Å². The second-order valence-electron chi connectivity index (χ2n) is 4.49. The molecule has 6 nitrogen and oxygen atoms in total. The molecule has 0 amide bonds. The van der Waals surface area contributed by atoms with Gasteiger partial charge in [0.15, 0.2) is 0 Å². The van der Waals surface area contributed by atoms with Crippen LogP contribution in [0.1, 0.15) is 36.8 Å². The Labute approximate surface area is 112 Å².